The second-order valence-corrected chi connectivity index (χ2v) is 9.84. The standard InChI is InChI=1S/C23H35N3O2/c1-22(2)15-19(7-14-28-22)16-25-12-9-23(10-13-25)8-6-21(27)26(18-23)17-20-5-3-4-11-24-20/h3-5,11,19H,6-10,12-18H2,1-2H3/t19-/m0/s1. The second kappa shape index (κ2) is 8.11. The van der Waals surface area contributed by atoms with Crippen molar-refractivity contribution >= 4 is 5.91 Å². The van der Waals surface area contributed by atoms with E-state index in [1.165, 1.54) is 45.3 Å². The largest absolute Gasteiger partial charge is 0.376 e. The van der Waals surface area contributed by atoms with E-state index in [2.05, 4.69) is 28.6 Å². The number of aromatic nitrogens is 1. The minimum absolute atomic E-state index is 0.0373. The summed E-state index contributed by atoms with van der Waals surface area (Å²) in [6.07, 6.45) is 8.36. The molecule has 1 atom stereocenters. The highest BCUT2D eigenvalue weighted by Gasteiger charge is 2.41. The molecule has 0 unspecified atom stereocenters. The van der Waals surface area contributed by atoms with Crippen LogP contribution in [0.3, 0.4) is 0 Å². The summed E-state index contributed by atoms with van der Waals surface area (Å²) in [6.45, 7) is 10.5. The van der Waals surface area contributed by atoms with Gasteiger partial charge in [-0.25, -0.2) is 0 Å². The van der Waals surface area contributed by atoms with Gasteiger partial charge in [0.2, 0.25) is 5.91 Å². The summed E-state index contributed by atoms with van der Waals surface area (Å²) in [7, 11) is 0. The van der Waals surface area contributed by atoms with Gasteiger partial charge >= 0.3 is 0 Å². The number of piperidine rings is 2. The van der Waals surface area contributed by atoms with Crippen LogP contribution in [0.1, 0.15) is 58.1 Å². The van der Waals surface area contributed by atoms with Crippen LogP contribution < -0.4 is 0 Å². The van der Waals surface area contributed by atoms with Gasteiger partial charge < -0.3 is 14.5 Å². The van der Waals surface area contributed by atoms with Crippen molar-refractivity contribution in [3.63, 3.8) is 0 Å². The number of nitrogens with zero attached hydrogens (tertiary/aromatic N) is 3. The van der Waals surface area contributed by atoms with Crippen LogP contribution in [-0.2, 0) is 16.1 Å². The van der Waals surface area contributed by atoms with E-state index in [9.17, 15) is 4.79 Å². The third-order valence-electron chi connectivity index (χ3n) is 7.06. The van der Waals surface area contributed by atoms with E-state index in [1.54, 1.807) is 0 Å². The number of hydrogen-bond acceptors (Lipinski definition) is 4. The summed E-state index contributed by atoms with van der Waals surface area (Å²) in [5, 5.41) is 0. The van der Waals surface area contributed by atoms with Crippen molar-refractivity contribution in [2.24, 2.45) is 11.3 Å². The fourth-order valence-corrected chi connectivity index (χ4v) is 5.43. The number of rotatable bonds is 4. The number of ether oxygens (including phenoxy) is 1. The Morgan fingerprint density at radius 2 is 2.04 bits per heavy atom. The lowest BCUT2D eigenvalue weighted by atomic mass is 9.72. The van der Waals surface area contributed by atoms with Gasteiger partial charge in [0.25, 0.3) is 0 Å². The predicted molar refractivity (Wildman–Crippen MR) is 110 cm³/mol. The van der Waals surface area contributed by atoms with Gasteiger partial charge in [0.15, 0.2) is 0 Å². The summed E-state index contributed by atoms with van der Waals surface area (Å²) in [5.74, 6) is 1.05. The molecule has 0 bridgehead atoms. The van der Waals surface area contributed by atoms with Crippen LogP contribution in [-0.4, -0.2) is 59.1 Å². The van der Waals surface area contributed by atoms with Gasteiger partial charge in [-0.1, -0.05) is 6.07 Å². The number of pyridine rings is 1. The zero-order valence-electron chi connectivity index (χ0n) is 17.5. The van der Waals surface area contributed by atoms with E-state index in [-0.39, 0.29) is 5.60 Å². The highest BCUT2D eigenvalue weighted by molar-refractivity contribution is 5.77. The topological polar surface area (TPSA) is 45.7 Å². The molecule has 1 aromatic heterocycles. The molecule has 1 aromatic rings. The molecule has 0 aliphatic carbocycles. The number of hydrogen-bond donors (Lipinski definition) is 0. The van der Waals surface area contributed by atoms with Crippen LogP contribution >= 0.6 is 0 Å². The lowest BCUT2D eigenvalue weighted by Crippen LogP contribution is -2.52. The first kappa shape index (κ1) is 19.8. The zero-order chi connectivity index (χ0) is 19.6. The Bertz CT molecular complexity index is 668. The van der Waals surface area contributed by atoms with Crippen LogP contribution in [0.15, 0.2) is 24.4 Å². The molecule has 3 fully saturated rings. The molecule has 3 aliphatic rings. The first-order chi connectivity index (χ1) is 13.4. The average Bonchev–Trinajstić information content (AvgIpc) is 2.67. The monoisotopic (exact) mass is 385 g/mol. The molecule has 5 heteroatoms. The Kier molecular flexibility index (Phi) is 5.75. The van der Waals surface area contributed by atoms with Crippen LogP contribution in [0.5, 0.6) is 0 Å². The zero-order valence-corrected chi connectivity index (χ0v) is 17.5. The molecule has 3 saturated heterocycles. The molecule has 0 N–H and O–H groups in total. The van der Waals surface area contributed by atoms with Crippen LogP contribution in [0.25, 0.3) is 0 Å². The molecule has 28 heavy (non-hydrogen) atoms. The number of likely N-dealkylation sites (tertiary alicyclic amines) is 2. The third kappa shape index (κ3) is 4.74. The van der Waals surface area contributed by atoms with Crippen LogP contribution in [0.4, 0.5) is 0 Å². The number of amides is 1. The van der Waals surface area contributed by atoms with Gasteiger partial charge in [0, 0.05) is 32.3 Å². The molecule has 1 spiro atoms. The van der Waals surface area contributed by atoms with E-state index < -0.39 is 0 Å². The smallest absolute Gasteiger partial charge is 0.222 e. The first-order valence-electron chi connectivity index (χ1n) is 11.0. The summed E-state index contributed by atoms with van der Waals surface area (Å²) in [5.41, 5.74) is 1.34. The average molecular weight is 386 g/mol. The first-order valence-corrected chi connectivity index (χ1v) is 11.0. The summed E-state index contributed by atoms with van der Waals surface area (Å²) in [6, 6.07) is 5.95. The Balaban J connectivity index is 1.31. The summed E-state index contributed by atoms with van der Waals surface area (Å²) < 4.78 is 5.88. The van der Waals surface area contributed by atoms with Crippen LogP contribution in [0, 0.1) is 11.3 Å². The maximum absolute atomic E-state index is 12.5. The molecule has 4 rings (SSSR count). The van der Waals surface area contributed by atoms with E-state index in [0.717, 1.165) is 31.2 Å². The molecule has 0 radical (unpaired) electrons. The highest BCUT2D eigenvalue weighted by Crippen LogP contribution is 2.41. The molecule has 1 amide bonds. The number of carbonyl (C=O) groups is 1. The quantitative estimate of drug-likeness (QED) is 0.796. The maximum Gasteiger partial charge on any atom is 0.222 e. The Hall–Kier alpha value is -1.46. The van der Waals surface area contributed by atoms with Gasteiger partial charge in [-0.15, -0.1) is 0 Å². The van der Waals surface area contributed by atoms with Gasteiger partial charge in [0.1, 0.15) is 0 Å². The highest BCUT2D eigenvalue weighted by atomic mass is 16.5. The fraction of sp³-hybridized carbons (Fsp3) is 0.739. The Labute approximate surface area is 169 Å². The maximum atomic E-state index is 12.5. The van der Waals surface area contributed by atoms with Gasteiger partial charge in [-0.05, 0) is 82.5 Å². The molecule has 0 aromatic carbocycles. The van der Waals surface area contributed by atoms with Crippen LogP contribution in [0.2, 0.25) is 0 Å². The number of carbonyl (C=O) groups excluding carboxylic acids is 1. The van der Waals surface area contributed by atoms with Crippen molar-refractivity contribution in [2.75, 3.05) is 32.8 Å². The summed E-state index contributed by atoms with van der Waals surface area (Å²) >= 11 is 0. The van der Waals surface area contributed by atoms with Crippen molar-refractivity contribution in [1.82, 2.24) is 14.8 Å². The lowest BCUT2D eigenvalue weighted by molar-refractivity contribution is -0.140. The van der Waals surface area contributed by atoms with Crippen molar-refractivity contribution in [2.45, 2.75) is 64.5 Å². The lowest BCUT2D eigenvalue weighted by Gasteiger charge is -2.48. The van der Waals surface area contributed by atoms with E-state index in [4.69, 9.17) is 4.74 Å². The van der Waals surface area contributed by atoms with Crippen molar-refractivity contribution < 1.29 is 9.53 Å². The molecule has 154 valence electrons. The molecular formula is C23H35N3O2. The van der Waals surface area contributed by atoms with E-state index in [1.807, 2.05) is 24.4 Å². The Morgan fingerprint density at radius 1 is 1.21 bits per heavy atom. The van der Waals surface area contributed by atoms with Gasteiger partial charge in [0.05, 0.1) is 17.8 Å². The second-order valence-electron chi connectivity index (χ2n) is 9.84. The fourth-order valence-electron chi connectivity index (χ4n) is 5.43. The molecule has 5 nitrogen and oxygen atoms in total. The van der Waals surface area contributed by atoms with E-state index in [0.29, 0.717) is 24.3 Å². The Morgan fingerprint density at radius 3 is 2.75 bits per heavy atom. The SMILES string of the molecule is CC1(C)C[C@@H](CN2CCC3(CCC(=O)N(Cc4ccccn4)C3)CC2)CCO1. The van der Waals surface area contributed by atoms with Gasteiger partial charge in [-0.2, -0.15) is 0 Å². The molecule has 4 heterocycles. The predicted octanol–water partition coefficient (Wildman–Crippen LogP) is 3.49. The normalized spacial score (nSPS) is 27.9. The molecule has 3 aliphatic heterocycles. The minimum atomic E-state index is 0.0373. The van der Waals surface area contributed by atoms with Crippen molar-refractivity contribution in [3.05, 3.63) is 30.1 Å². The third-order valence-corrected chi connectivity index (χ3v) is 7.06. The van der Waals surface area contributed by atoms with E-state index >= 15 is 0 Å². The molecular weight excluding hydrogens is 350 g/mol. The van der Waals surface area contributed by atoms with Crippen molar-refractivity contribution in [3.8, 4) is 0 Å². The summed E-state index contributed by atoms with van der Waals surface area (Å²) in [4.78, 5) is 21.6. The molecule has 0 saturated carbocycles. The minimum Gasteiger partial charge on any atom is -0.376 e. The van der Waals surface area contributed by atoms with Crippen molar-refractivity contribution in [1.29, 1.82) is 0 Å². The van der Waals surface area contributed by atoms with Gasteiger partial charge in [-0.3, -0.25) is 9.78 Å².